The first-order valence-electron chi connectivity index (χ1n) is 8.39. The molecule has 2 aromatic rings. The maximum atomic E-state index is 11.1. The van der Waals surface area contributed by atoms with E-state index in [0.717, 1.165) is 16.2 Å². The zero-order chi connectivity index (χ0) is 18.7. The summed E-state index contributed by atoms with van der Waals surface area (Å²) in [6.45, 7) is 4.48. The highest BCUT2D eigenvalue weighted by Gasteiger charge is 2.56. The Labute approximate surface area is 156 Å². The second-order valence-corrected chi connectivity index (χ2v) is 8.44. The first-order chi connectivity index (χ1) is 12.3. The molecule has 2 aromatic carbocycles. The van der Waals surface area contributed by atoms with Crippen molar-refractivity contribution in [2.75, 3.05) is 19.1 Å². The first kappa shape index (κ1) is 17.0. The van der Waals surface area contributed by atoms with Crippen LogP contribution in [0, 0.1) is 10.1 Å². The number of hydrogen-bond donors (Lipinski definition) is 0. The van der Waals surface area contributed by atoms with Gasteiger partial charge >= 0.3 is 0 Å². The van der Waals surface area contributed by atoms with E-state index in [-0.39, 0.29) is 20.9 Å². The van der Waals surface area contributed by atoms with Gasteiger partial charge in [-0.25, -0.2) is 0 Å². The van der Waals surface area contributed by atoms with Gasteiger partial charge in [0, 0.05) is 35.2 Å². The average Bonchev–Trinajstić information content (AvgIpc) is 2.79. The quantitative estimate of drug-likeness (QED) is 0.560. The molecule has 2 aliphatic heterocycles. The van der Waals surface area contributed by atoms with Crippen molar-refractivity contribution in [3.63, 3.8) is 0 Å². The lowest BCUT2D eigenvalue weighted by Gasteiger charge is -2.45. The number of likely N-dealkylation sites (N-methyl/N-ethyl adjacent to an activating group) is 1. The molecule has 0 N–H and O–H groups in total. The standard InChI is InChI=1S/C20H20N2O3S/c1-19(2)16-12-15(25-4)6-7-17(16)21(3)20(19)10-9-13-11-14(22(23)24)5-8-18(13)26-20/h5-12H,1-4H3. The molecule has 0 saturated heterocycles. The molecule has 0 radical (unpaired) electrons. The predicted molar refractivity (Wildman–Crippen MR) is 105 cm³/mol. The van der Waals surface area contributed by atoms with E-state index in [4.69, 9.17) is 4.74 Å². The fourth-order valence-electron chi connectivity index (χ4n) is 4.02. The van der Waals surface area contributed by atoms with Gasteiger partial charge in [0.15, 0.2) is 0 Å². The number of nitro benzene ring substituents is 1. The number of nitro groups is 1. The Balaban J connectivity index is 1.83. The molecule has 5 nitrogen and oxygen atoms in total. The summed E-state index contributed by atoms with van der Waals surface area (Å²) in [4.78, 5) is 13.8. The summed E-state index contributed by atoms with van der Waals surface area (Å²) in [6.07, 6.45) is 4.19. The topological polar surface area (TPSA) is 55.6 Å². The molecular weight excluding hydrogens is 348 g/mol. The fraction of sp³-hybridized carbons (Fsp3) is 0.300. The van der Waals surface area contributed by atoms with Gasteiger partial charge < -0.3 is 9.64 Å². The van der Waals surface area contributed by atoms with Crippen LogP contribution in [0.5, 0.6) is 5.75 Å². The number of thioether (sulfide) groups is 1. The van der Waals surface area contributed by atoms with Crippen LogP contribution < -0.4 is 9.64 Å². The third-order valence-electron chi connectivity index (χ3n) is 5.59. The van der Waals surface area contributed by atoms with Crippen LogP contribution in [0.1, 0.15) is 25.0 Å². The van der Waals surface area contributed by atoms with E-state index in [9.17, 15) is 10.1 Å². The number of ether oxygens (including phenoxy) is 1. The highest BCUT2D eigenvalue weighted by Crippen LogP contribution is 2.61. The highest BCUT2D eigenvalue weighted by molar-refractivity contribution is 8.01. The molecular formula is C20H20N2O3S. The van der Waals surface area contributed by atoms with Crippen LogP contribution in [0.25, 0.3) is 6.08 Å². The van der Waals surface area contributed by atoms with Crippen molar-refractivity contribution in [1.29, 1.82) is 0 Å². The molecule has 0 amide bonds. The van der Waals surface area contributed by atoms with Crippen LogP contribution in [-0.2, 0) is 5.41 Å². The van der Waals surface area contributed by atoms with Crippen molar-refractivity contribution in [2.45, 2.75) is 29.0 Å². The summed E-state index contributed by atoms with van der Waals surface area (Å²) in [6, 6.07) is 11.3. The van der Waals surface area contributed by atoms with Crippen LogP contribution in [-0.4, -0.2) is 24.0 Å². The molecule has 6 heteroatoms. The fourth-order valence-corrected chi connectivity index (χ4v) is 5.47. The van der Waals surface area contributed by atoms with Gasteiger partial charge in [0.2, 0.25) is 0 Å². The van der Waals surface area contributed by atoms with Gasteiger partial charge in [0.05, 0.1) is 12.0 Å². The Morgan fingerprint density at radius 2 is 1.96 bits per heavy atom. The summed E-state index contributed by atoms with van der Waals surface area (Å²) < 4.78 is 5.43. The zero-order valence-corrected chi connectivity index (χ0v) is 16.0. The zero-order valence-electron chi connectivity index (χ0n) is 15.1. The molecule has 2 heterocycles. The van der Waals surface area contributed by atoms with Crippen molar-refractivity contribution in [3.8, 4) is 5.75 Å². The lowest BCUT2D eigenvalue weighted by molar-refractivity contribution is -0.384. The minimum Gasteiger partial charge on any atom is -0.497 e. The van der Waals surface area contributed by atoms with E-state index >= 15 is 0 Å². The molecule has 1 spiro atoms. The third kappa shape index (κ3) is 2.11. The number of rotatable bonds is 2. The summed E-state index contributed by atoms with van der Waals surface area (Å²) in [5.41, 5.74) is 3.26. The molecule has 0 aromatic heterocycles. The highest BCUT2D eigenvalue weighted by atomic mass is 32.2. The van der Waals surface area contributed by atoms with Gasteiger partial charge in [-0.1, -0.05) is 31.7 Å². The van der Waals surface area contributed by atoms with Gasteiger partial charge in [-0.2, -0.15) is 0 Å². The SMILES string of the molecule is COc1ccc2c(c1)C(C)(C)C1(C=Cc3cc([N+](=O)[O-])ccc3S1)N2C. The second-order valence-electron chi connectivity index (χ2n) is 7.18. The summed E-state index contributed by atoms with van der Waals surface area (Å²) in [5, 5.41) is 11.1. The van der Waals surface area contributed by atoms with Gasteiger partial charge in [0.25, 0.3) is 5.69 Å². The van der Waals surface area contributed by atoms with Gasteiger partial charge in [-0.15, -0.1) is 0 Å². The lowest BCUT2D eigenvalue weighted by atomic mass is 9.79. The van der Waals surface area contributed by atoms with Crippen LogP contribution >= 0.6 is 11.8 Å². The largest absolute Gasteiger partial charge is 0.497 e. The van der Waals surface area contributed by atoms with E-state index in [1.165, 1.54) is 11.3 Å². The normalized spacial score (nSPS) is 22.2. The molecule has 4 rings (SSSR count). The first-order valence-corrected chi connectivity index (χ1v) is 9.21. The molecule has 2 aliphatic rings. The van der Waals surface area contributed by atoms with Crippen LogP contribution in [0.3, 0.4) is 0 Å². The summed E-state index contributed by atoms with van der Waals surface area (Å²) >= 11 is 1.75. The van der Waals surface area contributed by atoms with E-state index in [2.05, 4.69) is 44.0 Å². The number of fused-ring (bicyclic) bond motifs is 2. The van der Waals surface area contributed by atoms with Crippen LogP contribution in [0.15, 0.2) is 47.4 Å². The molecule has 26 heavy (non-hydrogen) atoms. The van der Waals surface area contributed by atoms with Crippen molar-refractivity contribution in [2.24, 2.45) is 0 Å². The number of anilines is 1. The molecule has 0 aliphatic carbocycles. The predicted octanol–water partition coefficient (Wildman–Crippen LogP) is 4.85. The van der Waals surface area contributed by atoms with Crippen molar-refractivity contribution >= 4 is 29.2 Å². The van der Waals surface area contributed by atoms with Gasteiger partial charge in [-0.05, 0) is 41.5 Å². The monoisotopic (exact) mass is 368 g/mol. The summed E-state index contributed by atoms with van der Waals surface area (Å²) in [5.74, 6) is 0.850. The average molecular weight is 368 g/mol. The van der Waals surface area contributed by atoms with Crippen molar-refractivity contribution in [1.82, 2.24) is 0 Å². The number of benzene rings is 2. The molecule has 1 unspecified atom stereocenters. The third-order valence-corrected chi connectivity index (χ3v) is 7.41. The van der Waals surface area contributed by atoms with E-state index in [1.54, 1.807) is 31.0 Å². The van der Waals surface area contributed by atoms with Crippen molar-refractivity contribution < 1.29 is 9.66 Å². The maximum absolute atomic E-state index is 11.1. The molecule has 0 saturated carbocycles. The summed E-state index contributed by atoms with van der Waals surface area (Å²) in [7, 11) is 3.79. The Kier molecular flexibility index (Phi) is 3.60. The van der Waals surface area contributed by atoms with Crippen LogP contribution in [0.2, 0.25) is 0 Å². The lowest BCUT2D eigenvalue weighted by Crippen LogP contribution is -2.50. The van der Waals surface area contributed by atoms with E-state index in [0.29, 0.717) is 0 Å². The van der Waals surface area contributed by atoms with Gasteiger partial charge in [0.1, 0.15) is 10.6 Å². The Morgan fingerprint density at radius 1 is 1.19 bits per heavy atom. The minimum absolute atomic E-state index is 0.122. The second kappa shape index (κ2) is 5.51. The van der Waals surface area contributed by atoms with Crippen LogP contribution in [0.4, 0.5) is 11.4 Å². The number of nitrogens with zero attached hydrogens (tertiary/aromatic N) is 2. The smallest absolute Gasteiger partial charge is 0.270 e. The number of non-ortho nitro benzene ring substituents is 1. The van der Waals surface area contributed by atoms with E-state index < -0.39 is 0 Å². The number of methoxy groups -OCH3 is 1. The Hall–Kier alpha value is -2.47. The maximum Gasteiger partial charge on any atom is 0.270 e. The van der Waals surface area contributed by atoms with E-state index in [1.807, 2.05) is 18.2 Å². The number of hydrogen-bond acceptors (Lipinski definition) is 5. The molecule has 1 atom stereocenters. The molecule has 0 fully saturated rings. The molecule has 0 bridgehead atoms. The van der Waals surface area contributed by atoms with Crippen molar-refractivity contribution in [3.05, 3.63) is 63.7 Å². The van der Waals surface area contributed by atoms with Gasteiger partial charge in [-0.3, -0.25) is 10.1 Å². The Morgan fingerprint density at radius 3 is 2.65 bits per heavy atom. The Bertz CT molecular complexity index is 954. The minimum atomic E-state index is -0.350. The molecule has 134 valence electrons.